The lowest BCUT2D eigenvalue weighted by atomic mass is 10.1. The molecule has 0 aromatic rings. The van der Waals surface area contributed by atoms with Crippen molar-refractivity contribution in [2.45, 2.75) is 44.9 Å². The second-order valence-electron chi connectivity index (χ2n) is 2.82. The number of rotatable bonds is 7. The summed E-state index contributed by atoms with van der Waals surface area (Å²) in [5, 5.41) is 0. The lowest BCUT2D eigenvalue weighted by molar-refractivity contribution is 0.651. The molecule has 0 bridgehead atoms. The van der Waals surface area contributed by atoms with E-state index in [-0.39, 0.29) is 0 Å². The molecule has 0 aliphatic carbocycles. The molecular formula is C11H20. The Balaban J connectivity index is 2.85. The number of unbranched alkanes of at least 4 members (excludes halogenated alkanes) is 5. The van der Waals surface area contributed by atoms with Crippen LogP contribution in [0.1, 0.15) is 44.9 Å². The third-order valence-corrected chi connectivity index (χ3v) is 1.70. The van der Waals surface area contributed by atoms with Gasteiger partial charge in [-0.2, -0.15) is 0 Å². The molecular weight excluding hydrogens is 132 g/mol. The predicted octanol–water partition coefficient (Wildman–Crippen LogP) is 3.94. The van der Waals surface area contributed by atoms with Gasteiger partial charge in [-0.15, -0.1) is 0 Å². The maximum Gasteiger partial charge on any atom is -0.0351 e. The van der Waals surface area contributed by atoms with Gasteiger partial charge in [0.05, 0.1) is 0 Å². The largest absolute Gasteiger partial charge is 0.0885 e. The van der Waals surface area contributed by atoms with Gasteiger partial charge in [0.25, 0.3) is 0 Å². The Morgan fingerprint density at radius 3 is 2.18 bits per heavy atom. The highest BCUT2D eigenvalue weighted by Gasteiger charge is 1.85. The van der Waals surface area contributed by atoms with Crippen molar-refractivity contribution in [3.63, 3.8) is 0 Å². The first kappa shape index (κ1) is 10.7. The van der Waals surface area contributed by atoms with E-state index in [9.17, 15) is 0 Å². The van der Waals surface area contributed by atoms with Crippen molar-refractivity contribution in [3.05, 3.63) is 26.0 Å². The zero-order chi connectivity index (χ0) is 8.36. The summed E-state index contributed by atoms with van der Waals surface area (Å²) in [6.45, 7) is 7.55. The first-order valence-electron chi connectivity index (χ1n) is 4.65. The summed E-state index contributed by atoms with van der Waals surface area (Å²) >= 11 is 0. The van der Waals surface area contributed by atoms with Gasteiger partial charge in [0.2, 0.25) is 0 Å². The van der Waals surface area contributed by atoms with E-state index in [2.05, 4.69) is 26.0 Å². The highest BCUT2D eigenvalue weighted by molar-refractivity contribution is 4.81. The fraction of sp³-hybridized carbons (Fsp3) is 0.636. The van der Waals surface area contributed by atoms with Crippen LogP contribution in [0, 0.1) is 13.8 Å². The summed E-state index contributed by atoms with van der Waals surface area (Å²) in [5.41, 5.74) is 0. The molecule has 0 rings (SSSR count). The van der Waals surface area contributed by atoms with E-state index in [1.807, 2.05) is 0 Å². The van der Waals surface area contributed by atoms with Crippen molar-refractivity contribution in [2.75, 3.05) is 0 Å². The van der Waals surface area contributed by atoms with Gasteiger partial charge in [-0.3, -0.25) is 0 Å². The summed E-state index contributed by atoms with van der Waals surface area (Å²) in [6.07, 6.45) is 13.0. The molecule has 0 nitrogen and oxygen atoms in total. The minimum Gasteiger partial charge on any atom is -0.0885 e. The van der Waals surface area contributed by atoms with Crippen LogP contribution in [-0.4, -0.2) is 0 Å². The monoisotopic (exact) mass is 152 g/mol. The first-order chi connectivity index (χ1) is 5.41. The molecule has 0 heteroatoms. The number of hydrogen-bond acceptors (Lipinski definition) is 0. The quantitative estimate of drug-likeness (QED) is 0.383. The van der Waals surface area contributed by atoms with Crippen molar-refractivity contribution < 1.29 is 0 Å². The van der Waals surface area contributed by atoms with E-state index in [0.717, 1.165) is 12.8 Å². The number of hydrogen-bond donors (Lipinski definition) is 0. The van der Waals surface area contributed by atoms with E-state index in [1.54, 1.807) is 0 Å². The zero-order valence-corrected chi connectivity index (χ0v) is 7.52. The zero-order valence-electron chi connectivity index (χ0n) is 7.52. The molecule has 0 aromatic carbocycles. The summed E-state index contributed by atoms with van der Waals surface area (Å²) in [5.74, 6) is 0. The average molecular weight is 152 g/mol. The minimum absolute atomic E-state index is 0.929. The number of allylic oxidation sites excluding steroid dienone is 2. The molecule has 0 saturated heterocycles. The van der Waals surface area contributed by atoms with Gasteiger partial charge in [0.1, 0.15) is 0 Å². The van der Waals surface area contributed by atoms with Crippen LogP contribution in [0.2, 0.25) is 0 Å². The average Bonchev–Trinajstić information content (AvgIpc) is 2.03. The lowest BCUT2D eigenvalue weighted by Gasteiger charge is -1.95. The van der Waals surface area contributed by atoms with E-state index >= 15 is 0 Å². The van der Waals surface area contributed by atoms with E-state index < -0.39 is 0 Å². The van der Waals surface area contributed by atoms with Crippen molar-refractivity contribution >= 4 is 0 Å². The molecule has 0 spiro atoms. The van der Waals surface area contributed by atoms with Crippen molar-refractivity contribution in [1.82, 2.24) is 0 Å². The van der Waals surface area contributed by atoms with Gasteiger partial charge >= 0.3 is 0 Å². The molecule has 11 heavy (non-hydrogen) atoms. The second-order valence-corrected chi connectivity index (χ2v) is 2.82. The highest BCUT2D eigenvalue weighted by atomic mass is 13.9. The maximum absolute atomic E-state index is 3.81. The smallest absolute Gasteiger partial charge is 0.0351 e. The Hall–Kier alpha value is -0.260. The Kier molecular flexibility index (Phi) is 9.51. The Morgan fingerprint density at radius 1 is 0.818 bits per heavy atom. The fourth-order valence-electron chi connectivity index (χ4n) is 1.03. The molecule has 0 unspecified atom stereocenters. The van der Waals surface area contributed by atoms with Crippen molar-refractivity contribution in [2.24, 2.45) is 0 Å². The maximum atomic E-state index is 3.81. The predicted molar refractivity (Wildman–Crippen MR) is 52.2 cm³/mol. The summed E-state index contributed by atoms with van der Waals surface area (Å²) in [4.78, 5) is 0. The van der Waals surface area contributed by atoms with Gasteiger partial charge in [-0.1, -0.05) is 44.8 Å². The molecule has 0 amide bonds. The molecule has 0 N–H and O–H groups in total. The molecule has 0 heterocycles. The van der Waals surface area contributed by atoms with Crippen molar-refractivity contribution in [1.29, 1.82) is 0 Å². The summed E-state index contributed by atoms with van der Waals surface area (Å²) in [7, 11) is 0. The van der Waals surface area contributed by atoms with Crippen LogP contribution < -0.4 is 0 Å². The normalized spacial score (nSPS) is 11.1. The van der Waals surface area contributed by atoms with Crippen LogP contribution in [0.15, 0.2) is 12.2 Å². The molecule has 0 saturated carbocycles. The van der Waals surface area contributed by atoms with Gasteiger partial charge in [0, 0.05) is 0 Å². The summed E-state index contributed by atoms with van der Waals surface area (Å²) < 4.78 is 0. The van der Waals surface area contributed by atoms with E-state index in [0.29, 0.717) is 0 Å². The topological polar surface area (TPSA) is 0 Å². The van der Waals surface area contributed by atoms with Crippen LogP contribution in [0.4, 0.5) is 0 Å². The molecule has 0 aliphatic heterocycles. The molecule has 64 valence electrons. The molecule has 0 atom stereocenters. The van der Waals surface area contributed by atoms with Gasteiger partial charge < -0.3 is 0 Å². The first-order valence-corrected chi connectivity index (χ1v) is 4.65. The molecule has 0 aromatic heterocycles. The standard InChI is InChI=1S/C11H20/c1-3-5-7-9-11-10-8-6-4-2/h5,7H,1-4,6,8-11H2. The highest BCUT2D eigenvalue weighted by Crippen LogP contribution is 2.05. The fourth-order valence-corrected chi connectivity index (χ4v) is 1.03. The van der Waals surface area contributed by atoms with Gasteiger partial charge in [-0.05, 0) is 26.2 Å². The summed E-state index contributed by atoms with van der Waals surface area (Å²) in [6, 6.07) is 0. The third kappa shape index (κ3) is 9.74. The van der Waals surface area contributed by atoms with Gasteiger partial charge in [-0.25, -0.2) is 0 Å². The Morgan fingerprint density at radius 2 is 1.55 bits per heavy atom. The molecule has 0 aliphatic rings. The second kappa shape index (κ2) is 9.74. The van der Waals surface area contributed by atoms with E-state index in [4.69, 9.17) is 0 Å². The Bertz CT molecular complexity index is 82.0. The third-order valence-electron chi connectivity index (χ3n) is 1.70. The minimum atomic E-state index is 0.929. The van der Waals surface area contributed by atoms with Crippen molar-refractivity contribution in [3.8, 4) is 0 Å². The van der Waals surface area contributed by atoms with Crippen LogP contribution in [0.5, 0.6) is 0 Å². The SMILES string of the molecule is [CH2]CC=CCCCCCC[CH2]. The molecule has 0 fully saturated rings. The van der Waals surface area contributed by atoms with Crippen LogP contribution >= 0.6 is 0 Å². The van der Waals surface area contributed by atoms with Crippen LogP contribution in [-0.2, 0) is 0 Å². The van der Waals surface area contributed by atoms with Crippen LogP contribution in [0.3, 0.4) is 0 Å². The van der Waals surface area contributed by atoms with E-state index in [1.165, 1.54) is 32.1 Å². The lowest BCUT2D eigenvalue weighted by Crippen LogP contribution is -1.75. The van der Waals surface area contributed by atoms with Crippen LogP contribution in [0.25, 0.3) is 0 Å². The Labute approximate surface area is 71.7 Å². The molecule has 2 radical (unpaired) electrons. The van der Waals surface area contributed by atoms with Gasteiger partial charge in [0.15, 0.2) is 0 Å².